The second kappa shape index (κ2) is 7.04. The van der Waals surface area contributed by atoms with Gasteiger partial charge in [-0.05, 0) is 47.0 Å². The number of carbonyl (C=O) groups excluding carboxylic acids is 1. The Hall–Kier alpha value is -2.13. The van der Waals surface area contributed by atoms with Crippen LogP contribution < -0.4 is 5.32 Å². The number of unbranched alkanes of at least 4 members (excludes halogenated alkanes) is 1. The molecule has 0 saturated carbocycles. The van der Waals surface area contributed by atoms with E-state index < -0.39 is 0 Å². The summed E-state index contributed by atoms with van der Waals surface area (Å²) in [5.41, 5.74) is 1.65. The number of nitrogens with one attached hydrogen (secondary N) is 1. The molecule has 1 aromatic carbocycles. The standard InChI is InChI=1S/C15H15BrN4O/c1-11-4-5-12(13(16)10-11)15(21)18-14-6-9-20(19-14)8-3-2-7-17/h4-6,9-10H,2-3,8H2,1H3,(H,18,19,21). The molecule has 0 aliphatic heterocycles. The second-order valence-electron chi connectivity index (χ2n) is 4.66. The van der Waals surface area contributed by atoms with Gasteiger partial charge in [0, 0.05) is 29.7 Å². The fourth-order valence-corrected chi connectivity index (χ4v) is 2.53. The van der Waals surface area contributed by atoms with Gasteiger partial charge in [-0.15, -0.1) is 0 Å². The number of benzene rings is 1. The lowest BCUT2D eigenvalue weighted by Crippen LogP contribution is -2.13. The molecule has 2 aromatic rings. The maximum atomic E-state index is 12.2. The van der Waals surface area contributed by atoms with Gasteiger partial charge in [0.2, 0.25) is 0 Å². The number of nitriles is 1. The zero-order chi connectivity index (χ0) is 15.2. The molecule has 0 radical (unpaired) electrons. The molecule has 108 valence electrons. The largest absolute Gasteiger partial charge is 0.305 e. The Labute approximate surface area is 131 Å². The Balaban J connectivity index is 2.01. The van der Waals surface area contributed by atoms with Crippen LogP contribution in [0.3, 0.4) is 0 Å². The molecule has 0 unspecified atom stereocenters. The van der Waals surface area contributed by atoms with Gasteiger partial charge in [0.1, 0.15) is 0 Å². The summed E-state index contributed by atoms with van der Waals surface area (Å²) in [5.74, 6) is 0.300. The van der Waals surface area contributed by atoms with E-state index in [2.05, 4.69) is 32.4 Å². The fraction of sp³-hybridized carbons (Fsp3) is 0.267. The quantitative estimate of drug-likeness (QED) is 0.842. The molecular weight excluding hydrogens is 332 g/mol. The van der Waals surface area contributed by atoms with E-state index in [0.29, 0.717) is 24.3 Å². The van der Waals surface area contributed by atoms with Crippen molar-refractivity contribution in [2.24, 2.45) is 0 Å². The summed E-state index contributed by atoms with van der Waals surface area (Å²) in [7, 11) is 0. The highest BCUT2D eigenvalue weighted by atomic mass is 79.9. The second-order valence-corrected chi connectivity index (χ2v) is 5.52. The lowest BCUT2D eigenvalue weighted by molar-refractivity contribution is 0.102. The SMILES string of the molecule is Cc1ccc(C(=O)Nc2ccn(CCCC#N)n2)c(Br)c1. The molecule has 0 fully saturated rings. The first-order chi connectivity index (χ1) is 10.1. The Morgan fingerprint density at radius 3 is 3.00 bits per heavy atom. The van der Waals surface area contributed by atoms with E-state index in [1.54, 1.807) is 23.0 Å². The lowest BCUT2D eigenvalue weighted by Gasteiger charge is -2.05. The molecule has 21 heavy (non-hydrogen) atoms. The summed E-state index contributed by atoms with van der Waals surface area (Å²) in [5, 5.41) is 15.5. The summed E-state index contributed by atoms with van der Waals surface area (Å²) in [4.78, 5) is 12.2. The Morgan fingerprint density at radius 1 is 1.48 bits per heavy atom. The van der Waals surface area contributed by atoms with Gasteiger partial charge in [-0.1, -0.05) is 6.07 Å². The molecule has 0 aliphatic carbocycles. The topological polar surface area (TPSA) is 70.7 Å². The minimum absolute atomic E-state index is 0.204. The van der Waals surface area contributed by atoms with E-state index in [9.17, 15) is 4.79 Å². The number of aryl methyl sites for hydroxylation is 2. The van der Waals surface area contributed by atoms with Crippen LogP contribution in [0.1, 0.15) is 28.8 Å². The van der Waals surface area contributed by atoms with Crippen LogP contribution >= 0.6 is 15.9 Å². The highest BCUT2D eigenvalue weighted by Crippen LogP contribution is 2.19. The zero-order valence-corrected chi connectivity index (χ0v) is 13.2. The Kier molecular flexibility index (Phi) is 5.12. The summed E-state index contributed by atoms with van der Waals surface area (Å²) in [6.45, 7) is 2.63. The molecule has 1 N–H and O–H groups in total. The Bertz CT molecular complexity index is 687. The van der Waals surface area contributed by atoms with Crippen LogP contribution in [-0.2, 0) is 6.54 Å². The van der Waals surface area contributed by atoms with E-state index >= 15 is 0 Å². The summed E-state index contributed by atoms with van der Waals surface area (Å²) in [6.07, 6.45) is 3.03. The highest BCUT2D eigenvalue weighted by Gasteiger charge is 2.11. The first-order valence-corrected chi connectivity index (χ1v) is 7.37. The number of aromatic nitrogens is 2. The molecule has 0 aliphatic rings. The third kappa shape index (κ3) is 4.17. The van der Waals surface area contributed by atoms with Gasteiger partial charge in [0.05, 0.1) is 11.6 Å². The average molecular weight is 347 g/mol. The maximum Gasteiger partial charge on any atom is 0.258 e. The van der Waals surface area contributed by atoms with E-state index in [4.69, 9.17) is 5.26 Å². The van der Waals surface area contributed by atoms with Crippen molar-refractivity contribution in [1.29, 1.82) is 5.26 Å². The number of carbonyl (C=O) groups is 1. The van der Waals surface area contributed by atoms with Crippen LogP contribution in [0.5, 0.6) is 0 Å². The third-order valence-electron chi connectivity index (χ3n) is 2.93. The van der Waals surface area contributed by atoms with E-state index in [-0.39, 0.29) is 5.91 Å². The van der Waals surface area contributed by atoms with Crippen molar-refractivity contribution in [3.8, 4) is 6.07 Å². The number of nitrogens with zero attached hydrogens (tertiary/aromatic N) is 3. The lowest BCUT2D eigenvalue weighted by atomic mass is 10.1. The molecular formula is C15H15BrN4O. The molecule has 1 amide bonds. The van der Waals surface area contributed by atoms with E-state index in [0.717, 1.165) is 16.5 Å². The minimum Gasteiger partial charge on any atom is -0.305 e. The first kappa shape index (κ1) is 15.3. The summed E-state index contributed by atoms with van der Waals surface area (Å²) >= 11 is 3.39. The van der Waals surface area contributed by atoms with Crippen LogP contribution in [-0.4, -0.2) is 15.7 Å². The van der Waals surface area contributed by atoms with Gasteiger partial charge in [-0.3, -0.25) is 9.48 Å². The predicted molar refractivity (Wildman–Crippen MR) is 83.9 cm³/mol. The summed E-state index contributed by atoms with van der Waals surface area (Å²) in [6, 6.07) is 9.40. The van der Waals surface area contributed by atoms with Crippen molar-refractivity contribution in [3.63, 3.8) is 0 Å². The van der Waals surface area contributed by atoms with Crippen LogP contribution in [0.15, 0.2) is 34.9 Å². The smallest absolute Gasteiger partial charge is 0.258 e. The number of hydrogen-bond acceptors (Lipinski definition) is 3. The minimum atomic E-state index is -0.204. The molecule has 6 heteroatoms. The number of amides is 1. The van der Waals surface area contributed by atoms with Gasteiger partial charge >= 0.3 is 0 Å². The molecule has 5 nitrogen and oxygen atoms in total. The molecule has 2 rings (SSSR count). The van der Waals surface area contributed by atoms with Crippen molar-refractivity contribution >= 4 is 27.7 Å². The number of halogens is 1. The Morgan fingerprint density at radius 2 is 2.29 bits per heavy atom. The first-order valence-electron chi connectivity index (χ1n) is 6.58. The molecule has 0 bridgehead atoms. The van der Waals surface area contributed by atoms with Crippen molar-refractivity contribution in [2.75, 3.05) is 5.32 Å². The van der Waals surface area contributed by atoms with Gasteiger partial charge in [-0.2, -0.15) is 10.4 Å². The van der Waals surface area contributed by atoms with Gasteiger partial charge in [0.25, 0.3) is 5.91 Å². The highest BCUT2D eigenvalue weighted by molar-refractivity contribution is 9.10. The van der Waals surface area contributed by atoms with Crippen LogP contribution in [0, 0.1) is 18.3 Å². The third-order valence-corrected chi connectivity index (χ3v) is 3.58. The van der Waals surface area contributed by atoms with E-state index in [1.807, 2.05) is 19.1 Å². The van der Waals surface area contributed by atoms with Crippen LogP contribution in [0.2, 0.25) is 0 Å². The fourth-order valence-electron chi connectivity index (χ4n) is 1.86. The van der Waals surface area contributed by atoms with Crippen LogP contribution in [0.4, 0.5) is 5.82 Å². The van der Waals surface area contributed by atoms with Crippen LogP contribution in [0.25, 0.3) is 0 Å². The molecule has 0 spiro atoms. The van der Waals surface area contributed by atoms with Gasteiger partial charge in [0.15, 0.2) is 5.82 Å². The van der Waals surface area contributed by atoms with Crippen molar-refractivity contribution < 1.29 is 4.79 Å². The normalized spacial score (nSPS) is 10.1. The maximum absolute atomic E-state index is 12.2. The van der Waals surface area contributed by atoms with Crippen molar-refractivity contribution in [1.82, 2.24) is 9.78 Å². The molecule has 1 aromatic heterocycles. The van der Waals surface area contributed by atoms with Crippen molar-refractivity contribution in [2.45, 2.75) is 26.3 Å². The molecule has 0 atom stereocenters. The number of hydrogen-bond donors (Lipinski definition) is 1. The summed E-state index contributed by atoms with van der Waals surface area (Å²) < 4.78 is 2.48. The van der Waals surface area contributed by atoms with Gasteiger partial charge < -0.3 is 5.32 Å². The molecule has 0 saturated heterocycles. The average Bonchev–Trinajstić information content (AvgIpc) is 2.86. The van der Waals surface area contributed by atoms with E-state index in [1.165, 1.54) is 0 Å². The van der Waals surface area contributed by atoms with Crippen molar-refractivity contribution in [3.05, 3.63) is 46.1 Å². The zero-order valence-electron chi connectivity index (χ0n) is 11.6. The van der Waals surface area contributed by atoms with Gasteiger partial charge in [-0.25, -0.2) is 0 Å². The monoisotopic (exact) mass is 346 g/mol. The number of anilines is 1. The molecule has 1 heterocycles. The number of rotatable bonds is 5. The predicted octanol–water partition coefficient (Wildman–Crippen LogP) is 3.51.